The molecule has 0 aliphatic rings. The molecule has 2 rings (SSSR count). The quantitative estimate of drug-likeness (QED) is 0.797. The second-order valence-corrected chi connectivity index (χ2v) is 6.97. The highest BCUT2D eigenvalue weighted by molar-refractivity contribution is 9.10. The van der Waals surface area contributed by atoms with Crippen molar-refractivity contribution in [2.45, 2.75) is 20.8 Å². The predicted octanol–water partition coefficient (Wildman–Crippen LogP) is 4.40. The van der Waals surface area contributed by atoms with Gasteiger partial charge in [0, 0.05) is 22.1 Å². The largest absolute Gasteiger partial charge is 0.352 e. The Labute approximate surface area is 150 Å². The topological polar surface area (TPSA) is 58.2 Å². The van der Waals surface area contributed by atoms with Gasteiger partial charge in [-0.3, -0.25) is 9.59 Å². The zero-order valence-corrected chi connectivity index (χ0v) is 15.6. The SMILES string of the molecule is Cc1ccc(NC(=O)c2ccc(C(=O)NCC(C)C)cc2)c(Br)c1. The molecule has 5 heteroatoms. The molecule has 2 aromatic rings. The smallest absolute Gasteiger partial charge is 0.255 e. The molecule has 0 spiro atoms. The van der Waals surface area contributed by atoms with Crippen LogP contribution in [0.2, 0.25) is 0 Å². The maximum atomic E-state index is 12.3. The standard InChI is InChI=1S/C19H21BrN2O2/c1-12(2)11-21-18(23)14-5-7-15(8-6-14)19(24)22-17-9-4-13(3)10-16(17)20/h4-10,12H,11H2,1-3H3,(H,21,23)(H,22,24). The molecular weight excluding hydrogens is 368 g/mol. The van der Waals surface area contributed by atoms with Crippen LogP contribution < -0.4 is 10.6 Å². The highest BCUT2D eigenvalue weighted by atomic mass is 79.9. The number of benzene rings is 2. The molecule has 0 bridgehead atoms. The van der Waals surface area contributed by atoms with Crippen LogP contribution >= 0.6 is 15.9 Å². The minimum absolute atomic E-state index is 0.128. The highest BCUT2D eigenvalue weighted by Crippen LogP contribution is 2.24. The van der Waals surface area contributed by atoms with E-state index in [0.29, 0.717) is 29.3 Å². The Hall–Kier alpha value is -2.14. The normalized spacial score (nSPS) is 10.5. The number of amides is 2. The lowest BCUT2D eigenvalue weighted by Crippen LogP contribution is -2.27. The summed E-state index contributed by atoms with van der Waals surface area (Å²) in [6.07, 6.45) is 0. The van der Waals surface area contributed by atoms with E-state index in [4.69, 9.17) is 0 Å². The van der Waals surface area contributed by atoms with Gasteiger partial charge in [0.1, 0.15) is 0 Å². The first-order valence-corrected chi connectivity index (χ1v) is 8.62. The van der Waals surface area contributed by atoms with Gasteiger partial charge in [-0.05, 0) is 70.7 Å². The van der Waals surface area contributed by atoms with E-state index >= 15 is 0 Å². The summed E-state index contributed by atoms with van der Waals surface area (Å²) in [6, 6.07) is 12.4. The number of hydrogen-bond acceptors (Lipinski definition) is 2. The monoisotopic (exact) mass is 388 g/mol. The van der Waals surface area contributed by atoms with Gasteiger partial charge in [-0.2, -0.15) is 0 Å². The number of nitrogens with one attached hydrogen (secondary N) is 2. The van der Waals surface area contributed by atoms with E-state index < -0.39 is 0 Å². The molecule has 0 saturated carbocycles. The van der Waals surface area contributed by atoms with Crippen LogP contribution in [0.15, 0.2) is 46.9 Å². The molecule has 0 aliphatic carbocycles. The summed E-state index contributed by atoms with van der Waals surface area (Å²) in [5.74, 6) is 0.0533. The van der Waals surface area contributed by atoms with Gasteiger partial charge in [0.2, 0.25) is 0 Å². The average Bonchev–Trinajstić information content (AvgIpc) is 2.55. The fraction of sp³-hybridized carbons (Fsp3) is 0.263. The van der Waals surface area contributed by atoms with Crippen molar-refractivity contribution in [2.24, 2.45) is 5.92 Å². The van der Waals surface area contributed by atoms with E-state index in [2.05, 4.69) is 26.6 Å². The lowest BCUT2D eigenvalue weighted by atomic mass is 10.1. The summed E-state index contributed by atoms with van der Waals surface area (Å²) >= 11 is 3.44. The predicted molar refractivity (Wildman–Crippen MR) is 100 cm³/mol. The summed E-state index contributed by atoms with van der Waals surface area (Å²) < 4.78 is 0.834. The second-order valence-electron chi connectivity index (χ2n) is 6.12. The Morgan fingerprint density at radius 2 is 1.58 bits per heavy atom. The third-order valence-corrected chi connectivity index (χ3v) is 4.11. The van der Waals surface area contributed by atoms with Gasteiger partial charge in [-0.25, -0.2) is 0 Å². The van der Waals surface area contributed by atoms with Crippen LogP contribution in [0.25, 0.3) is 0 Å². The molecule has 4 nitrogen and oxygen atoms in total. The Morgan fingerprint density at radius 1 is 1.00 bits per heavy atom. The first kappa shape index (κ1) is 18.2. The Morgan fingerprint density at radius 3 is 2.12 bits per heavy atom. The van der Waals surface area contributed by atoms with E-state index in [1.807, 2.05) is 39.0 Å². The number of halogens is 1. The summed E-state index contributed by atoms with van der Waals surface area (Å²) in [5.41, 5.74) is 2.87. The number of carbonyl (C=O) groups excluding carboxylic acids is 2. The molecule has 0 saturated heterocycles. The molecule has 24 heavy (non-hydrogen) atoms. The van der Waals surface area contributed by atoms with Crippen LogP contribution in [0.5, 0.6) is 0 Å². The van der Waals surface area contributed by atoms with Crippen LogP contribution in [-0.2, 0) is 0 Å². The van der Waals surface area contributed by atoms with Crippen LogP contribution in [0.3, 0.4) is 0 Å². The van der Waals surface area contributed by atoms with Gasteiger partial charge >= 0.3 is 0 Å². The zero-order chi connectivity index (χ0) is 17.7. The van der Waals surface area contributed by atoms with Crippen molar-refractivity contribution in [3.05, 3.63) is 63.6 Å². The molecule has 0 unspecified atom stereocenters. The fourth-order valence-electron chi connectivity index (χ4n) is 2.09. The maximum absolute atomic E-state index is 12.3. The third kappa shape index (κ3) is 4.93. The van der Waals surface area contributed by atoms with Gasteiger partial charge in [0.15, 0.2) is 0 Å². The first-order valence-electron chi connectivity index (χ1n) is 7.82. The highest BCUT2D eigenvalue weighted by Gasteiger charge is 2.11. The molecule has 2 amide bonds. The van der Waals surface area contributed by atoms with Crippen molar-refractivity contribution in [2.75, 3.05) is 11.9 Å². The van der Waals surface area contributed by atoms with Gasteiger partial charge in [0.25, 0.3) is 11.8 Å². The summed E-state index contributed by atoms with van der Waals surface area (Å²) in [7, 11) is 0. The van der Waals surface area contributed by atoms with Crippen molar-refractivity contribution in [1.29, 1.82) is 0 Å². The van der Waals surface area contributed by atoms with E-state index in [-0.39, 0.29) is 11.8 Å². The summed E-state index contributed by atoms with van der Waals surface area (Å²) in [5, 5.41) is 5.71. The van der Waals surface area contributed by atoms with Crippen molar-refractivity contribution in [3.8, 4) is 0 Å². The number of hydrogen-bond donors (Lipinski definition) is 2. The molecule has 2 N–H and O–H groups in total. The van der Waals surface area contributed by atoms with E-state index in [9.17, 15) is 9.59 Å². The summed E-state index contributed by atoms with van der Waals surface area (Å²) in [6.45, 7) is 6.69. The molecule has 0 radical (unpaired) electrons. The van der Waals surface area contributed by atoms with Crippen LogP contribution in [0.4, 0.5) is 5.69 Å². The van der Waals surface area contributed by atoms with Crippen LogP contribution in [0, 0.1) is 12.8 Å². The molecule has 0 heterocycles. The molecule has 0 atom stereocenters. The molecule has 0 fully saturated rings. The van der Waals surface area contributed by atoms with E-state index in [0.717, 1.165) is 10.0 Å². The minimum Gasteiger partial charge on any atom is -0.352 e. The number of rotatable bonds is 5. The fourth-order valence-corrected chi connectivity index (χ4v) is 2.68. The van der Waals surface area contributed by atoms with Crippen molar-refractivity contribution in [3.63, 3.8) is 0 Å². The van der Waals surface area contributed by atoms with Gasteiger partial charge in [0.05, 0.1) is 5.69 Å². The molecule has 0 aromatic heterocycles. The lowest BCUT2D eigenvalue weighted by Gasteiger charge is -2.10. The van der Waals surface area contributed by atoms with Crippen LogP contribution in [-0.4, -0.2) is 18.4 Å². The third-order valence-electron chi connectivity index (χ3n) is 3.45. The van der Waals surface area contributed by atoms with Crippen molar-refractivity contribution in [1.82, 2.24) is 5.32 Å². The van der Waals surface area contributed by atoms with Gasteiger partial charge < -0.3 is 10.6 Å². The maximum Gasteiger partial charge on any atom is 0.255 e. The Kier molecular flexibility index (Phi) is 6.15. The second kappa shape index (κ2) is 8.11. The Balaban J connectivity index is 2.04. The minimum atomic E-state index is -0.214. The van der Waals surface area contributed by atoms with Crippen molar-refractivity contribution >= 4 is 33.4 Å². The van der Waals surface area contributed by atoms with Crippen molar-refractivity contribution < 1.29 is 9.59 Å². The number of anilines is 1. The van der Waals surface area contributed by atoms with E-state index in [1.54, 1.807) is 24.3 Å². The zero-order valence-electron chi connectivity index (χ0n) is 14.0. The molecule has 2 aromatic carbocycles. The van der Waals surface area contributed by atoms with E-state index in [1.165, 1.54) is 0 Å². The summed E-state index contributed by atoms with van der Waals surface area (Å²) in [4.78, 5) is 24.3. The van der Waals surface area contributed by atoms with Crippen LogP contribution in [0.1, 0.15) is 40.1 Å². The average molecular weight is 389 g/mol. The lowest BCUT2D eigenvalue weighted by molar-refractivity contribution is 0.0947. The molecule has 0 aliphatic heterocycles. The van der Waals surface area contributed by atoms with Gasteiger partial charge in [-0.15, -0.1) is 0 Å². The number of carbonyl (C=O) groups is 2. The molecule has 126 valence electrons. The van der Waals surface area contributed by atoms with Gasteiger partial charge in [-0.1, -0.05) is 19.9 Å². The Bertz CT molecular complexity index is 740. The first-order chi connectivity index (χ1) is 11.4. The number of aryl methyl sites for hydroxylation is 1. The molecular formula is C19H21BrN2O2.